The van der Waals surface area contributed by atoms with Crippen LogP contribution >= 0.6 is 0 Å². The van der Waals surface area contributed by atoms with E-state index < -0.39 is 71.8 Å². The second-order valence-corrected chi connectivity index (χ2v) is 23.6. The van der Waals surface area contributed by atoms with Crippen molar-refractivity contribution < 1.29 is 58.4 Å². The number of ketones is 1. The summed E-state index contributed by atoms with van der Waals surface area (Å²) < 4.78 is 12.6. The van der Waals surface area contributed by atoms with E-state index in [1.807, 2.05) is 102 Å². The van der Waals surface area contributed by atoms with Crippen LogP contribution in [0.15, 0.2) is 97.1 Å². The molecule has 462 valence electrons. The minimum Gasteiger partial charge on any atom is -0.508 e. The Balaban J connectivity index is 0.933. The molecule has 4 aromatic carbocycles. The van der Waals surface area contributed by atoms with Gasteiger partial charge < -0.3 is 56.3 Å². The average Bonchev–Trinajstić information content (AvgIpc) is 2.20. The van der Waals surface area contributed by atoms with E-state index in [9.17, 15) is 48.9 Å². The molecule has 9 N–H and O–H groups in total. The van der Waals surface area contributed by atoms with Crippen molar-refractivity contribution in [3.63, 3.8) is 0 Å². The number of epoxide rings is 1. The van der Waals surface area contributed by atoms with Crippen LogP contribution < -0.4 is 31.9 Å². The van der Waals surface area contributed by atoms with Gasteiger partial charge in [-0.05, 0) is 104 Å². The number of hydrogen-bond donors (Lipinski definition) is 9. The van der Waals surface area contributed by atoms with Crippen LogP contribution in [0.5, 0.6) is 11.5 Å². The van der Waals surface area contributed by atoms with Crippen LogP contribution in [0, 0.1) is 11.8 Å². The third-order valence-corrected chi connectivity index (χ3v) is 15.3. The number of amides is 6. The Kier molecular flexibility index (Phi) is 23.0. The van der Waals surface area contributed by atoms with Gasteiger partial charge >= 0.3 is 6.09 Å². The van der Waals surface area contributed by atoms with Gasteiger partial charge in [-0.2, -0.15) is 0 Å². The monoisotopic (exact) mass is 1180 g/mol. The molecule has 6 amide bonds. The van der Waals surface area contributed by atoms with Crippen LogP contribution in [0.2, 0.25) is 0 Å². The average molecular weight is 1190 g/mol. The van der Waals surface area contributed by atoms with Gasteiger partial charge in [0.15, 0.2) is 11.6 Å². The predicted molar refractivity (Wildman–Crippen MR) is 322 cm³/mol. The zero-order valence-corrected chi connectivity index (χ0v) is 50.4. The topological polar surface area (TPSA) is 308 Å². The number of aliphatic hydroxyl groups is 1. The van der Waals surface area contributed by atoms with Crippen molar-refractivity contribution in [2.75, 3.05) is 32.8 Å². The summed E-state index contributed by atoms with van der Waals surface area (Å²) in [7, 11) is 0. The number of aromatic hydroxyl groups is 2. The van der Waals surface area contributed by atoms with Gasteiger partial charge in [0.2, 0.25) is 23.5 Å². The molecule has 0 radical (unpaired) electrons. The summed E-state index contributed by atoms with van der Waals surface area (Å²) in [6.45, 7) is 16.1. The zero-order chi connectivity index (χ0) is 62.2. The predicted octanol–water partition coefficient (Wildman–Crippen LogP) is 6.00. The van der Waals surface area contributed by atoms with E-state index >= 15 is 0 Å². The Hall–Kier alpha value is -8.21. The fourth-order valence-electron chi connectivity index (χ4n) is 10.4. The maximum atomic E-state index is 14.4. The van der Waals surface area contributed by atoms with Gasteiger partial charge in [-0.15, -0.1) is 10.2 Å². The van der Waals surface area contributed by atoms with Gasteiger partial charge in [0, 0.05) is 69.2 Å². The number of ether oxygens (including phenoxy) is 2. The standard InChI is InChI=1S/C64H84N10O12/c1-9-65-61(82)57-72-71-56(47-35-46(40(6)7)52(75)36-53(47)76)74(57)44-23-21-43(22-24-44)62(83)73-30-27-45(28-31-73)86-63(84)66-29-26-54(77)67-48(25-20-41-16-12-10-13-17-41)58(79)69-50(33-39(4)5)59(80)70-51(34-42-18-14-11-15-19-42)60(81)68-49(32-38(2)3)55(78)64(8)37-85-64/h10-19,21-24,35-36,38-40,45,48-51,58,69,75-76,79H,9,20,25-34,37H2,1-8H3,(H,65,82)(H,66,84)(H,67,77)(H,68,81)(H,70,80). The highest BCUT2D eigenvalue weighted by Gasteiger charge is 2.50. The van der Waals surface area contributed by atoms with E-state index in [-0.39, 0.29) is 110 Å². The summed E-state index contributed by atoms with van der Waals surface area (Å²) in [5.41, 5.74) is 2.37. The summed E-state index contributed by atoms with van der Waals surface area (Å²) in [5.74, 6) is -2.88. The number of phenolic OH excluding ortho intramolecular Hbond substituents is 2. The molecule has 7 rings (SSSR count). The fourth-order valence-corrected chi connectivity index (χ4v) is 10.4. The molecule has 0 saturated carbocycles. The zero-order valence-electron chi connectivity index (χ0n) is 50.4. The molecule has 3 heterocycles. The van der Waals surface area contributed by atoms with Crippen LogP contribution in [0.25, 0.3) is 17.1 Å². The lowest BCUT2D eigenvalue weighted by Crippen LogP contribution is -2.60. The molecule has 0 aliphatic carbocycles. The molecule has 6 atom stereocenters. The van der Waals surface area contributed by atoms with E-state index in [4.69, 9.17) is 9.47 Å². The molecule has 22 heteroatoms. The molecule has 6 unspecified atom stereocenters. The van der Waals surface area contributed by atoms with E-state index in [0.717, 1.165) is 11.1 Å². The number of rotatable bonds is 29. The lowest BCUT2D eigenvalue weighted by molar-refractivity contribution is -0.134. The second kappa shape index (κ2) is 30.2. The number of alkyl carbamates (subject to hydrolysis) is 1. The van der Waals surface area contributed by atoms with Crippen molar-refractivity contribution in [1.29, 1.82) is 0 Å². The van der Waals surface area contributed by atoms with Crippen molar-refractivity contribution in [3.8, 4) is 28.6 Å². The van der Waals surface area contributed by atoms with Crippen molar-refractivity contribution in [1.82, 2.24) is 51.6 Å². The smallest absolute Gasteiger partial charge is 0.407 e. The van der Waals surface area contributed by atoms with Gasteiger partial charge in [-0.3, -0.25) is 38.7 Å². The maximum Gasteiger partial charge on any atom is 0.407 e. The number of phenols is 2. The third kappa shape index (κ3) is 17.9. The number of carbonyl (C=O) groups excluding carboxylic acids is 7. The highest BCUT2D eigenvalue weighted by Crippen LogP contribution is 2.38. The molecule has 2 aliphatic rings. The third-order valence-electron chi connectivity index (χ3n) is 15.3. The van der Waals surface area contributed by atoms with E-state index in [0.29, 0.717) is 49.0 Å². The quantitative estimate of drug-likeness (QED) is 0.0196. The first kappa shape index (κ1) is 65.3. The van der Waals surface area contributed by atoms with Crippen LogP contribution in [0.3, 0.4) is 0 Å². The molecule has 0 bridgehead atoms. The molecular weight excluding hydrogens is 1100 g/mol. The minimum atomic E-state index is -1.44. The van der Waals surface area contributed by atoms with Crippen LogP contribution in [0.4, 0.5) is 4.79 Å². The number of aryl methyl sites for hydroxylation is 1. The Bertz CT molecular complexity index is 3120. The number of carbonyl (C=O) groups is 7. The van der Waals surface area contributed by atoms with Gasteiger partial charge in [0.05, 0.1) is 30.3 Å². The van der Waals surface area contributed by atoms with Crippen LogP contribution in [0.1, 0.15) is 138 Å². The number of hydrogen-bond acceptors (Lipinski definition) is 15. The van der Waals surface area contributed by atoms with E-state index in [1.54, 1.807) is 49.1 Å². The Morgan fingerprint density at radius 3 is 1.95 bits per heavy atom. The van der Waals surface area contributed by atoms with Crippen molar-refractivity contribution in [3.05, 3.63) is 125 Å². The number of aliphatic hydroxyl groups excluding tert-OH is 1. The van der Waals surface area contributed by atoms with Gasteiger partial charge in [0.25, 0.3) is 11.8 Å². The lowest BCUT2D eigenvalue weighted by Gasteiger charge is -2.31. The van der Waals surface area contributed by atoms with Crippen molar-refractivity contribution in [2.45, 2.75) is 155 Å². The van der Waals surface area contributed by atoms with E-state index in [2.05, 4.69) is 42.1 Å². The largest absolute Gasteiger partial charge is 0.508 e. The minimum absolute atomic E-state index is 0.0438. The van der Waals surface area contributed by atoms with Crippen LogP contribution in [-0.4, -0.2) is 151 Å². The van der Waals surface area contributed by atoms with E-state index in [1.165, 1.54) is 10.6 Å². The molecule has 0 spiro atoms. The molecule has 86 heavy (non-hydrogen) atoms. The summed E-state index contributed by atoms with van der Waals surface area (Å²) in [5, 5.41) is 58.9. The highest BCUT2D eigenvalue weighted by molar-refractivity contribution is 5.98. The summed E-state index contributed by atoms with van der Waals surface area (Å²) in [6.07, 6.45) is -0.655. The number of nitrogens with one attached hydrogen (secondary N) is 6. The summed E-state index contributed by atoms with van der Waals surface area (Å²) in [6, 6.07) is 24.2. The highest BCUT2D eigenvalue weighted by atomic mass is 16.6. The van der Waals surface area contributed by atoms with Crippen molar-refractivity contribution >= 4 is 41.4 Å². The number of piperidine rings is 1. The molecule has 2 fully saturated rings. The number of benzene rings is 4. The first-order valence-corrected chi connectivity index (χ1v) is 29.8. The summed E-state index contributed by atoms with van der Waals surface area (Å²) in [4.78, 5) is 97.4. The van der Waals surface area contributed by atoms with Gasteiger partial charge in [0.1, 0.15) is 35.5 Å². The molecular formula is C64H84N10O12. The number of aromatic nitrogens is 3. The molecule has 2 aliphatic heterocycles. The fraction of sp³-hybridized carbons (Fsp3) is 0.484. The van der Waals surface area contributed by atoms with Crippen molar-refractivity contribution in [2.24, 2.45) is 11.8 Å². The normalized spacial score (nSPS) is 16.8. The SMILES string of the molecule is CCNC(=O)c1nnc(-c2cc(C(C)C)c(O)cc2O)n1-c1ccc(C(=O)N2CCC(OC(=O)NCCC(=O)NC(CCc3ccccc3)C(O)NC(CC(C)C)C(=O)NC(Cc3ccccc3)C(=O)NC(CC(C)C)C(=O)C3(C)CO3)CC2)cc1. The lowest BCUT2D eigenvalue weighted by atomic mass is 9.93. The number of nitrogens with zero attached hydrogens (tertiary/aromatic N) is 4. The van der Waals surface area contributed by atoms with Gasteiger partial charge in [-0.1, -0.05) is 102 Å². The first-order chi connectivity index (χ1) is 41.0. The molecule has 2 saturated heterocycles. The Labute approximate surface area is 502 Å². The number of likely N-dealkylation sites (tertiary alicyclic amines) is 1. The maximum absolute atomic E-state index is 14.4. The molecule has 22 nitrogen and oxygen atoms in total. The van der Waals surface area contributed by atoms with Gasteiger partial charge in [-0.25, -0.2) is 4.79 Å². The second-order valence-electron chi connectivity index (χ2n) is 23.6. The Morgan fingerprint density at radius 1 is 0.744 bits per heavy atom. The number of Topliss-reactive ketones (excluding diaryl/α,β-unsaturated/α-hetero) is 1. The first-order valence-electron chi connectivity index (χ1n) is 29.8. The van der Waals surface area contributed by atoms with Crippen LogP contribution in [-0.2, 0) is 41.5 Å². The molecule has 5 aromatic rings. The Morgan fingerprint density at radius 2 is 1.35 bits per heavy atom. The molecule has 1 aromatic heterocycles. The summed E-state index contributed by atoms with van der Waals surface area (Å²) >= 11 is 0.